The third-order valence-electron chi connectivity index (χ3n) is 1.22. The molecule has 0 heterocycles. The molecule has 0 unspecified atom stereocenters. The van der Waals surface area contributed by atoms with Crippen LogP contribution in [0.5, 0.6) is 0 Å². The van der Waals surface area contributed by atoms with Crippen LogP contribution in [0.4, 0.5) is 0 Å². The van der Waals surface area contributed by atoms with Crippen molar-refractivity contribution in [2.24, 2.45) is 5.92 Å². The van der Waals surface area contributed by atoms with E-state index < -0.39 is 10.1 Å². The van der Waals surface area contributed by atoms with Gasteiger partial charge in [-0.05, 0) is 18.8 Å². The van der Waals surface area contributed by atoms with Crippen LogP contribution in [0, 0.1) is 5.92 Å². The fourth-order valence-corrected chi connectivity index (χ4v) is 1.12. The van der Waals surface area contributed by atoms with Crippen LogP contribution < -0.4 is 0 Å². The summed E-state index contributed by atoms with van der Waals surface area (Å²) in [7, 11) is -3.22. The fraction of sp³-hybridized carbons (Fsp3) is 1.00. The van der Waals surface area contributed by atoms with Gasteiger partial charge in [0.2, 0.25) is 0 Å². The van der Waals surface area contributed by atoms with Crippen molar-refractivity contribution < 1.29 is 12.6 Å². The highest BCUT2D eigenvalue weighted by Crippen LogP contribution is 2.03. The quantitative estimate of drug-likeness (QED) is 0.474. The Morgan fingerprint density at radius 1 is 1.36 bits per heavy atom. The van der Waals surface area contributed by atoms with E-state index in [1.807, 2.05) is 0 Å². The average Bonchev–Trinajstić information content (AvgIpc) is 1.78. The Hall–Kier alpha value is -0.0900. The van der Waals surface area contributed by atoms with Crippen molar-refractivity contribution in [2.75, 3.05) is 12.9 Å². The normalized spacial score (nSPS) is 12.4. The van der Waals surface area contributed by atoms with Gasteiger partial charge >= 0.3 is 0 Å². The second-order valence-corrected chi connectivity index (χ2v) is 4.71. The largest absolute Gasteiger partial charge is 0.270 e. The van der Waals surface area contributed by atoms with Gasteiger partial charge in [-0.2, -0.15) is 8.42 Å². The molecule has 0 aromatic rings. The molecule has 0 radical (unpaired) electrons. The van der Waals surface area contributed by atoms with Crippen LogP contribution in [0.1, 0.15) is 26.7 Å². The summed E-state index contributed by atoms with van der Waals surface area (Å²) in [5, 5.41) is 0. The summed E-state index contributed by atoms with van der Waals surface area (Å²) in [5.74, 6) is 0.609. The van der Waals surface area contributed by atoms with Gasteiger partial charge < -0.3 is 0 Å². The van der Waals surface area contributed by atoms with Crippen LogP contribution in [0.15, 0.2) is 0 Å². The van der Waals surface area contributed by atoms with Gasteiger partial charge in [0.1, 0.15) is 0 Å². The van der Waals surface area contributed by atoms with E-state index in [0.717, 1.165) is 19.1 Å². The van der Waals surface area contributed by atoms with Crippen LogP contribution in [0.25, 0.3) is 0 Å². The van der Waals surface area contributed by atoms with Crippen molar-refractivity contribution in [3.05, 3.63) is 0 Å². The first-order valence-electron chi connectivity index (χ1n) is 3.76. The zero-order valence-electron chi connectivity index (χ0n) is 7.33. The Morgan fingerprint density at radius 3 is 2.27 bits per heavy atom. The third-order valence-corrected chi connectivity index (χ3v) is 1.82. The third kappa shape index (κ3) is 9.91. The Labute approximate surface area is 68.9 Å². The van der Waals surface area contributed by atoms with Gasteiger partial charge in [0, 0.05) is 0 Å². The van der Waals surface area contributed by atoms with Crippen LogP contribution in [0.2, 0.25) is 0 Å². The maximum absolute atomic E-state index is 10.5. The van der Waals surface area contributed by atoms with Crippen molar-refractivity contribution in [3.63, 3.8) is 0 Å². The van der Waals surface area contributed by atoms with Gasteiger partial charge in [0.05, 0.1) is 12.9 Å². The number of hydrogen-bond acceptors (Lipinski definition) is 3. The van der Waals surface area contributed by atoms with Crippen molar-refractivity contribution in [2.45, 2.75) is 26.7 Å². The predicted octanol–water partition coefficient (Wildman–Crippen LogP) is 1.40. The summed E-state index contributed by atoms with van der Waals surface area (Å²) in [6.45, 7) is 4.51. The highest BCUT2D eigenvalue weighted by molar-refractivity contribution is 7.85. The first-order valence-corrected chi connectivity index (χ1v) is 5.58. The first kappa shape index (κ1) is 10.9. The molecule has 0 aliphatic heterocycles. The molecule has 11 heavy (non-hydrogen) atoms. The summed E-state index contributed by atoms with van der Waals surface area (Å²) < 4.78 is 25.5. The number of rotatable bonds is 5. The molecule has 0 aromatic heterocycles. The molecule has 0 N–H and O–H groups in total. The van der Waals surface area contributed by atoms with Gasteiger partial charge in [0.25, 0.3) is 10.1 Å². The monoisotopic (exact) mass is 180 g/mol. The molecule has 0 atom stereocenters. The molecule has 0 aliphatic rings. The topological polar surface area (TPSA) is 43.4 Å². The summed E-state index contributed by atoms with van der Waals surface area (Å²) >= 11 is 0. The number of hydrogen-bond donors (Lipinski definition) is 0. The van der Waals surface area contributed by atoms with Crippen molar-refractivity contribution >= 4 is 10.1 Å². The van der Waals surface area contributed by atoms with E-state index in [2.05, 4.69) is 18.0 Å². The molecule has 4 heteroatoms. The molecule has 0 fully saturated rings. The minimum atomic E-state index is -3.22. The Balaban J connectivity index is 3.30. The lowest BCUT2D eigenvalue weighted by Gasteiger charge is -2.03. The van der Waals surface area contributed by atoms with Gasteiger partial charge in [-0.15, -0.1) is 0 Å². The zero-order chi connectivity index (χ0) is 8.91. The predicted molar refractivity (Wildman–Crippen MR) is 44.9 cm³/mol. The van der Waals surface area contributed by atoms with Crippen molar-refractivity contribution in [3.8, 4) is 0 Å². The van der Waals surface area contributed by atoms with Crippen LogP contribution >= 0.6 is 0 Å². The lowest BCUT2D eigenvalue weighted by molar-refractivity contribution is 0.303. The molecule has 0 bridgehead atoms. The van der Waals surface area contributed by atoms with E-state index in [-0.39, 0.29) is 0 Å². The highest BCUT2D eigenvalue weighted by Gasteiger charge is 2.00. The Kier molecular flexibility index (Phi) is 4.68. The summed E-state index contributed by atoms with van der Waals surface area (Å²) in [6, 6.07) is 0. The van der Waals surface area contributed by atoms with Crippen LogP contribution in [-0.2, 0) is 14.3 Å². The molecular formula is C7H16O3S. The molecule has 3 nitrogen and oxygen atoms in total. The molecule has 0 spiro atoms. The van der Waals surface area contributed by atoms with Crippen molar-refractivity contribution in [1.82, 2.24) is 0 Å². The maximum atomic E-state index is 10.5. The molecular weight excluding hydrogens is 164 g/mol. The highest BCUT2D eigenvalue weighted by atomic mass is 32.2. The lowest BCUT2D eigenvalue weighted by atomic mass is 10.1. The van der Waals surface area contributed by atoms with Gasteiger partial charge in [-0.3, -0.25) is 4.18 Å². The minimum absolute atomic E-state index is 0.316. The van der Waals surface area contributed by atoms with E-state index >= 15 is 0 Å². The molecule has 68 valence electrons. The fourth-order valence-electron chi connectivity index (χ4n) is 0.702. The summed E-state index contributed by atoms with van der Waals surface area (Å²) in [6.07, 6.45) is 2.89. The van der Waals surface area contributed by atoms with E-state index in [9.17, 15) is 8.42 Å². The van der Waals surface area contributed by atoms with Crippen LogP contribution in [0.3, 0.4) is 0 Å². The van der Waals surface area contributed by atoms with E-state index in [4.69, 9.17) is 0 Å². The van der Waals surface area contributed by atoms with Crippen molar-refractivity contribution in [1.29, 1.82) is 0 Å². The molecule has 0 saturated heterocycles. The summed E-state index contributed by atoms with van der Waals surface area (Å²) in [4.78, 5) is 0. The average molecular weight is 180 g/mol. The maximum Gasteiger partial charge on any atom is 0.264 e. The van der Waals surface area contributed by atoms with Gasteiger partial charge in [-0.1, -0.05) is 13.8 Å². The van der Waals surface area contributed by atoms with E-state index in [1.54, 1.807) is 0 Å². The second-order valence-electron chi connectivity index (χ2n) is 3.06. The van der Waals surface area contributed by atoms with Gasteiger partial charge in [-0.25, -0.2) is 0 Å². The Morgan fingerprint density at radius 2 is 1.91 bits per heavy atom. The Bertz CT molecular complexity index is 182. The lowest BCUT2D eigenvalue weighted by Crippen LogP contribution is -2.04. The molecule has 0 aliphatic carbocycles. The molecule has 0 aromatic carbocycles. The summed E-state index contributed by atoms with van der Waals surface area (Å²) in [5.41, 5.74) is 0. The van der Waals surface area contributed by atoms with Crippen LogP contribution in [-0.4, -0.2) is 21.3 Å². The molecule has 0 saturated carbocycles. The van der Waals surface area contributed by atoms with E-state index in [1.165, 1.54) is 0 Å². The minimum Gasteiger partial charge on any atom is -0.270 e. The zero-order valence-corrected chi connectivity index (χ0v) is 8.15. The molecule has 0 rings (SSSR count). The molecule has 0 amide bonds. The first-order chi connectivity index (χ1) is 4.92. The standard InChI is InChI=1S/C7H16O3S/c1-7(2)5-4-6-10-11(3,8)9/h7H,4-6H2,1-3H3. The smallest absolute Gasteiger partial charge is 0.264 e. The van der Waals surface area contributed by atoms with E-state index in [0.29, 0.717) is 12.5 Å². The van der Waals surface area contributed by atoms with Gasteiger partial charge in [0.15, 0.2) is 0 Å². The SMILES string of the molecule is CC(C)CCCOS(C)(=O)=O. The second kappa shape index (κ2) is 4.72.